The molecule has 0 fully saturated rings. The van der Waals surface area contributed by atoms with Crippen LogP contribution in [0.3, 0.4) is 0 Å². The lowest BCUT2D eigenvalue weighted by atomic mass is 10.1. The van der Waals surface area contributed by atoms with Crippen LogP contribution < -0.4 is 5.32 Å². The van der Waals surface area contributed by atoms with Crippen molar-refractivity contribution in [3.8, 4) is 0 Å². The van der Waals surface area contributed by atoms with Crippen molar-refractivity contribution in [2.75, 3.05) is 6.54 Å². The third-order valence-electron chi connectivity index (χ3n) is 1.65. The first-order valence-corrected chi connectivity index (χ1v) is 4.49. The number of benzene rings is 1. The van der Waals surface area contributed by atoms with E-state index >= 15 is 0 Å². The molecule has 0 aromatic heterocycles. The molecule has 0 heterocycles. The Hall–Kier alpha value is -0.890. The van der Waals surface area contributed by atoms with E-state index in [4.69, 9.17) is 12.2 Å². The number of hydrogen-bond donors (Lipinski definition) is 1. The first-order chi connectivity index (χ1) is 5.74. The van der Waals surface area contributed by atoms with Crippen LogP contribution in [0, 0.1) is 6.92 Å². The van der Waals surface area contributed by atoms with Crippen LogP contribution in [-0.4, -0.2) is 11.5 Å². The lowest BCUT2D eigenvalue weighted by Crippen LogP contribution is -2.21. The van der Waals surface area contributed by atoms with Gasteiger partial charge in [-0.15, -0.1) is 0 Å². The zero-order chi connectivity index (χ0) is 8.97. The highest BCUT2D eigenvalue weighted by atomic mass is 32.1. The summed E-state index contributed by atoms with van der Waals surface area (Å²) in [6, 6.07) is 8.22. The summed E-state index contributed by atoms with van der Waals surface area (Å²) >= 11 is 5.15. The molecule has 0 radical (unpaired) electrons. The molecule has 1 aromatic carbocycles. The highest BCUT2D eigenvalue weighted by Gasteiger charge is 1.96. The summed E-state index contributed by atoms with van der Waals surface area (Å²) in [7, 11) is 0. The average Bonchev–Trinajstić information content (AvgIpc) is 2.06. The molecule has 0 aliphatic carbocycles. The molecule has 2 heteroatoms. The van der Waals surface area contributed by atoms with Gasteiger partial charge in [0, 0.05) is 12.1 Å². The lowest BCUT2D eigenvalue weighted by molar-refractivity contribution is 0.983. The van der Waals surface area contributed by atoms with Crippen molar-refractivity contribution in [1.29, 1.82) is 0 Å². The summed E-state index contributed by atoms with van der Waals surface area (Å²) in [4.78, 5) is 0.831. The highest BCUT2D eigenvalue weighted by Crippen LogP contribution is 2.03. The van der Waals surface area contributed by atoms with E-state index in [0.29, 0.717) is 0 Å². The van der Waals surface area contributed by atoms with E-state index in [1.807, 2.05) is 19.1 Å². The molecule has 1 rings (SSSR count). The van der Waals surface area contributed by atoms with Crippen molar-refractivity contribution in [3.63, 3.8) is 0 Å². The summed E-state index contributed by atoms with van der Waals surface area (Å²) in [6.45, 7) is 4.99. The molecule has 64 valence electrons. The fourth-order valence-electron chi connectivity index (χ4n) is 0.968. The van der Waals surface area contributed by atoms with Gasteiger partial charge in [-0.2, -0.15) is 0 Å². The minimum Gasteiger partial charge on any atom is -0.376 e. The third kappa shape index (κ3) is 2.31. The lowest BCUT2D eigenvalue weighted by Gasteiger charge is -2.04. The topological polar surface area (TPSA) is 12.0 Å². The largest absolute Gasteiger partial charge is 0.376 e. The summed E-state index contributed by atoms with van der Waals surface area (Å²) < 4.78 is 0. The van der Waals surface area contributed by atoms with Gasteiger partial charge in [-0.25, -0.2) is 0 Å². The molecule has 1 N–H and O–H groups in total. The van der Waals surface area contributed by atoms with Crippen molar-refractivity contribution in [3.05, 3.63) is 35.4 Å². The molecule has 1 nitrogen and oxygen atoms in total. The standard InChI is InChI=1S/C10H13NS/c1-3-11-10(12)9-6-4-8(2)5-7-9/h4-7H,3H2,1-2H3,(H,11,12). The molecule has 0 amide bonds. The quantitative estimate of drug-likeness (QED) is 0.699. The first kappa shape index (κ1) is 9.20. The van der Waals surface area contributed by atoms with Gasteiger partial charge >= 0.3 is 0 Å². The molecular formula is C10H13NS. The van der Waals surface area contributed by atoms with Gasteiger partial charge in [-0.3, -0.25) is 0 Å². The van der Waals surface area contributed by atoms with Gasteiger partial charge in [0.25, 0.3) is 0 Å². The molecule has 0 atom stereocenters. The van der Waals surface area contributed by atoms with E-state index < -0.39 is 0 Å². The molecule has 0 saturated carbocycles. The fourth-order valence-corrected chi connectivity index (χ4v) is 1.25. The maximum Gasteiger partial charge on any atom is 0.106 e. The summed E-state index contributed by atoms with van der Waals surface area (Å²) in [5, 5.41) is 3.11. The maximum atomic E-state index is 5.15. The van der Waals surface area contributed by atoms with Gasteiger partial charge in [0.2, 0.25) is 0 Å². The van der Waals surface area contributed by atoms with Crippen LogP contribution in [0.1, 0.15) is 18.1 Å². The Morgan fingerprint density at radius 2 is 1.92 bits per heavy atom. The molecule has 0 spiro atoms. The monoisotopic (exact) mass is 179 g/mol. The van der Waals surface area contributed by atoms with Crippen LogP contribution in [0.2, 0.25) is 0 Å². The predicted molar refractivity (Wildman–Crippen MR) is 56.6 cm³/mol. The predicted octanol–water partition coefficient (Wildman–Crippen LogP) is 2.28. The summed E-state index contributed by atoms with van der Waals surface area (Å²) in [5.41, 5.74) is 2.36. The minimum absolute atomic E-state index is 0.831. The van der Waals surface area contributed by atoms with Gasteiger partial charge in [-0.1, -0.05) is 42.0 Å². The first-order valence-electron chi connectivity index (χ1n) is 4.09. The van der Waals surface area contributed by atoms with E-state index in [2.05, 4.69) is 24.4 Å². The number of thiocarbonyl (C=S) groups is 1. The number of nitrogens with one attached hydrogen (secondary N) is 1. The number of hydrogen-bond acceptors (Lipinski definition) is 1. The van der Waals surface area contributed by atoms with Crippen LogP contribution in [0.5, 0.6) is 0 Å². The van der Waals surface area contributed by atoms with E-state index in [1.165, 1.54) is 5.56 Å². The summed E-state index contributed by atoms with van der Waals surface area (Å²) in [6.07, 6.45) is 0. The van der Waals surface area contributed by atoms with Crippen molar-refractivity contribution in [2.45, 2.75) is 13.8 Å². The molecule has 0 unspecified atom stereocenters. The molecule has 0 aliphatic rings. The second kappa shape index (κ2) is 4.21. The van der Waals surface area contributed by atoms with Crippen LogP contribution in [0.15, 0.2) is 24.3 Å². The Bertz CT molecular complexity index is 264. The van der Waals surface area contributed by atoms with Gasteiger partial charge in [0.1, 0.15) is 4.99 Å². The number of aryl methyl sites for hydroxylation is 1. The molecule has 0 saturated heterocycles. The summed E-state index contributed by atoms with van der Waals surface area (Å²) in [5.74, 6) is 0. The Balaban J connectivity index is 2.75. The second-order valence-corrected chi connectivity index (χ2v) is 3.13. The second-order valence-electron chi connectivity index (χ2n) is 2.73. The molecule has 0 bridgehead atoms. The van der Waals surface area contributed by atoms with Crippen LogP contribution in [0.4, 0.5) is 0 Å². The maximum absolute atomic E-state index is 5.15. The normalized spacial score (nSPS) is 9.50. The Morgan fingerprint density at radius 3 is 2.42 bits per heavy atom. The van der Waals surface area contributed by atoms with Gasteiger partial charge in [-0.05, 0) is 13.8 Å². The SMILES string of the molecule is CCNC(=S)c1ccc(C)cc1. The van der Waals surface area contributed by atoms with E-state index in [0.717, 1.165) is 17.1 Å². The molecular weight excluding hydrogens is 166 g/mol. The fraction of sp³-hybridized carbons (Fsp3) is 0.300. The molecule has 1 aromatic rings. The van der Waals surface area contributed by atoms with Crippen molar-refractivity contribution < 1.29 is 0 Å². The van der Waals surface area contributed by atoms with Gasteiger partial charge < -0.3 is 5.32 Å². The smallest absolute Gasteiger partial charge is 0.106 e. The highest BCUT2D eigenvalue weighted by molar-refractivity contribution is 7.80. The zero-order valence-electron chi connectivity index (χ0n) is 7.42. The minimum atomic E-state index is 0.831. The Kier molecular flexibility index (Phi) is 3.23. The van der Waals surface area contributed by atoms with Gasteiger partial charge in [0.15, 0.2) is 0 Å². The number of rotatable bonds is 2. The van der Waals surface area contributed by atoms with Crippen LogP contribution in [0.25, 0.3) is 0 Å². The van der Waals surface area contributed by atoms with E-state index in [-0.39, 0.29) is 0 Å². The molecule has 12 heavy (non-hydrogen) atoms. The van der Waals surface area contributed by atoms with Gasteiger partial charge in [0.05, 0.1) is 0 Å². The van der Waals surface area contributed by atoms with E-state index in [1.54, 1.807) is 0 Å². The van der Waals surface area contributed by atoms with Crippen molar-refractivity contribution in [1.82, 2.24) is 5.32 Å². The zero-order valence-corrected chi connectivity index (χ0v) is 8.24. The van der Waals surface area contributed by atoms with Crippen LogP contribution >= 0.6 is 12.2 Å². The van der Waals surface area contributed by atoms with Crippen molar-refractivity contribution in [2.24, 2.45) is 0 Å². The molecule has 0 aliphatic heterocycles. The van der Waals surface area contributed by atoms with Crippen LogP contribution in [-0.2, 0) is 0 Å². The third-order valence-corrected chi connectivity index (χ3v) is 2.03. The van der Waals surface area contributed by atoms with E-state index in [9.17, 15) is 0 Å². The Labute approximate surface area is 78.8 Å². The average molecular weight is 179 g/mol. The van der Waals surface area contributed by atoms with Crippen molar-refractivity contribution >= 4 is 17.2 Å². The Morgan fingerprint density at radius 1 is 1.33 bits per heavy atom.